The number of ether oxygens (including phenoxy) is 2. The summed E-state index contributed by atoms with van der Waals surface area (Å²) >= 11 is 0. The molecule has 18 nitrogen and oxygen atoms in total. The zero-order valence-electron chi connectivity index (χ0n) is 27.5. The van der Waals surface area contributed by atoms with Gasteiger partial charge in [0.15, 0.2) is 0 Å². The molecule has 276 valence electrons. The third-order valence-corrected chi connectivity index (χ3v) is 7.83. The topological polar surface area (TPSA) is 245 Å². The Morgan fingerprint density at radius 2 is 1.65 bits per heavy atom. The number of nitrogens with zero attached hydrogens (tertiary/aromatic N) is 5. The average Bonchev–Trinajstić information content (AvgIpc) is 3.00. The smallest absolute Gasteiger partial charge is 0.308 e. The fourth-order valence-corrected chi connectivity index (χ4v) is 4.57. The van der Waals surface area contributed by atoms with Gasteiger partial charge < -0.3 is 19.7 Å². The molecule has 0 aliphatic rings. The van der Waals surface area contributed by atoms with E-state index in [-0.39, 0.29) is 43.8 Å². The maximum absolute atomic E-state index is 13.7. The molecule has 1 aromatic heterocycles. The van der Waals surface area contributed by atoms with Gasteiger partial charge >= 0.3 is 5.97 Å². The normalized spacial score (nSPS) is 14.2. The van der Waals surface area contributed by atoms with E-state index in [1.54, 1.807) is 0 Å². The van der Waals surface area contributed by atoms with Gasteiger partial charge in [-0.25, -0.2) is 31.9 Å². The number of hydrogen-bond donors (Lipinski definition) is 6. The molecule has 2 rings (SSSR count). The monoisotopic (exact) mass is 721 g/mol. The van der Waals surface area contributed by atoms with Gasteiger partial charge in [-0.05, 0) is 43.0 Å². The zero-order chi connectivity index (χ0) is 36.7. The molecule has 0 bridgehead atoms. The van der Waals surface area contributed by atoms with Crippen molar-refractivity contribution in [1.82, 2.24) is 20.7 Å². The first kappa shape index (κ1) is 41.9. The summed E-state index contributed by atoms with van der Waals surface area (Å²) in [6, 6.07) is 5.38. The van der Waals surface area contributed by atoms with Crippen LogP contribution in [0.4, 0.5) is 10.3 Å². The minimum Gasteiger partial charge on any atom is -0.463 e. The number of unbranched alkanes of at least 4 members (excludes halogenated alkanes) is 1. The molecule has 49 heavy (non-hydrogen) atoms. The molecule has 1 heterocycles. The third-order valence-electron chi connectivity index (χ3n) is 6.67. The highest BCUT2D eigenvalue weighted by atomic mass is 32.2. The predicted octanol–water partition coefficient (Wildman–Crippen LogP) is 2.05. The molecule has 0 aliphatic heterocycles. The highest BCUT2D eigenvalue weighted by Crippen LogP contribution is 2.31. The second-order valence-corrected chi connectivity index (χ2v) is 13.1. The number of halogens is 1. The SMILES string of the molecule is CC(C)c1nc(N(C)S(C)(=O)=O)nc(-c2ccc(F)cc2)c1/C=C/C(O)CC(O)CC(=O)OCC(COCCCCON(O)O)ON(O)O. The summed E-state index contributed by atoms with van der Waals surface area (Å²) in [6.45, 7) is 3.11. The Bertz CT molecular complexity index is 1450. The number of aliphatic hydroxyl groups excluding tert-OH is 2. The Morgan fingerprint density at radius 1 is 1.00 bits per heavy atom. The lowest BCUT2D eigenvalue weighted by atomic mass is 9.97. The van der Waals surface area contributed by atoms with Crippen LogP contribution in [0, 0.1) is 5.82 Å². The minimum absolute atomic E-state index is 0.00438. The van der Waals surface area contributed by atoms with Gasteiger partial charge in [0.05, 0.1) is 60.3 Å². The summed E-state index contributed by atoms with van der Waals surface area (Å²) in [5.41, 5.74) is 1.59. The number of hydrogen-bond acceptors (Lipinski definition) is 17. The minimum atomic E-state index is -3.72. The predicted molar refractivity (Wildman–Crippen MR) is 168 cm³/mol. The van der Waals surface area contributed by atoms with E-state index in [2.05, 4.69) is 19.6 Å². The first-order valence-corrected chi connectivity index (χ1v) is 16.9. The molecule has 0 amide bonds. The maximum Gasteiger partial charge on any atom is 0.308 e. The van der Waals surface area contributed by atoms with E-state index in [4.69, 9.17) is 30.3 Å². The van der Waals surface area contributed by atoms with Gasteiger partial charge in [0.2, 0.25) is 16.0 Å². The first-order chi connectivity index (χ1) is 23.0. The van der Waals surface area contributed by atoms with Crippen LogP contribution in [-0.2, 0) is 34.0 Å². The van der Waals surface area contributed by atoms with Crippen LogP contribution in [0.1, 0.15) is 56.7 Å². The van der Waals surface area contributed by atoms with E-state index in [9.17, 15) is 27.8 Å². The number of aliphatic hydroxyl groups is 2. The standard InChI is InChI=1S/C29H44FN5O13S/c1-19(2)27-25(28(20-7-9-21(30)10-8-20)32-29(31-27)33(3)49(4,43)44)12-11-22(36)15-23(37)16-26(38)46-18-24(48-35(41)42)17-45-13-5-6-14-47-34(39)40/h7-12,19,22-24,36-37,39-42H,5-6,13-18H2,1-4H3/b12-11+. The van der Waals surface area contributed by atoms with Crippen molar-refractivity contribution in [3.63, 3.8) is 0 Å². The van der Waals surface area contributed by atoms with E-state index in [1.165, 1.54) is 43.5 Å². The molecule has 3 unspecified atom stereocenters. The number of carbonyl (C=O) groups excluding carboxylic acids is 1. The maximum atomic E-state index is 13.7. The largest absolute Gasteiger partial charge is 0.463 e. The molecule has 0 radical (unpaired) electrons. The Hall–Kier alpha value is -3.25. The van der Waals surface area contributed by atoms with Crippen molar-refractivity contribution in [2.75, 3.05) is 44.0 Å². The number of anilines is 1. The van der Waals surface area contributed by atoms with Gasteiger partial charge in [0, 0.05) is 31.2 Å². The molecule has 1 aromatic carbocycles. The molecule has 2 aromatic rings. The number of esters is 1. The fraction of sp³-hybridized carbons (Fsp3) is 0.552. The van der Waals surface area contributed by atoms with Crippen molar-refractivity contribution in [3.8, 4) is 11.3 Å². The van der Waals surface area contributed by atoms with E-state index >= 15 is 0 Å². The summed E-state index contributed by atoms with van der Waals surface area (Å²) < 4.78 is 49.5. The highest BCUT2D eigenvalue weighted by molar-refractivity contribution is 7.92. The van der Waals surface area contributed by atoms with E-state index < -0.39 is 63.9 Å². The molecule has 0 spiro atoms. The van der Waals surface area contributed by atoms with Crippen LogP contribution >= 0.6 is 0 Å². The second kappa shape index (κ2) is 20.4. The molecule has 0 fully saturated rings. The van der Waals surface area contributed by atoms with Gasteiger partial charge in [-0.1, -0.05) is 26.0 Å². The highest BCUT2D eigenvalue weighted by Gasteiger charge is 2.23. The Kier molecular flexibility index (Phi) is 17.5. The molecule has 20 heteroatoms. The van der Waals surface area contributed by atoms with Gasteiger partial charge in [0.1, 0.15) is 18.5 Å². The second-order valence-electron chi connectivity index (χ2n) is 11.1. The van der Waals surface area contributed by atoms with Gasteiger partial charge in [-0.3, -0.25) is 30.5 Å². The van der Waals surface area contributed by atoms with Crippen LogP contribution in [0.3, 0.4) is 0 Å². The summed E-state index contributed by atoms with van der Waals surface area (Å²) in [4.78, 5) is 30.3. The van der Waals surface area contributed by atoms with Crippen LogP contribution in [0.25, 0.3) is 17.3 Å². The lowest BCUT2D eigenvalue weighted by molar-refractivity contribution is -0.507. The lowest BCUT2D eigenvalue weighted by Crippen LogP contribution is -2.33. The Labute approximate surface area is 282 Å². The van der Waals surface area contributed by atoms with Crippen LogP contribution in [0.2, 0.25) is 0 Å². The van der Waals surface area contributed by atoms with Gasteiger partial charge in [-0.2, -0.15) is 0 Å². The van der Waals surface area contributed by atoms with Gasteiger partial charge in [0.25, 0.3) is 0 Å². The molecule has 0 saturated heterocycles. The molecule has 0 saturated carbocycles. The molecular weight excluding hydrogens is 677 g/mol. The van der Waals surface area contributed by atoms with E-state index in [0.29, 0.717) is 29.7 Å². The third kappa shape index (κ3) is 15.5. The van der Waals surface area contributed by atoms with Crippen LogP contribution in [0.15, 0.2) is 30.3 Å². The van der Waals surface area contributed by atoms with Crippen molar-refractivity contribution < 1.29 is 67.8 Å². The van der Waals surface area contributed by atoms with Crippen LogP contribution in [-0.4, -0.2) is 124 Å². The number of aromatic nitrogens is 2. The van der Waals surface area contributed by atoms with Crippen molar-refractivity contribution in [3.05, 3.63) is 47.4 Å². The number of benzene rings is 1. The zero-order valence-corrected chi connectivity index (χ0v) is 28.3. The number of sulfonamides is 1. The van der Waals surface area contributed by atoms with Crippen molar-refractivity contribution in [2.45, 2.75) is 63.8 Å². The van der Waals surface area contributed by atoms with Crippen LogP contribution in [0.5, 0.6) is 0 Å². The van der Waals surface area contributed by atoms with Crippen molar-refractivity contribution >= 4 is 28.0 Å². The van der Waals surface area contributed by atoms with Crippen molar-refractivity contribution in [1.29, 1.82) is 0 Å². The summed E-state index contributed by atoms with van der Waals surface area (Å²) in [7, 11) is -2.42. The number of rotatable bonds is 22. The molecule has 6 N–H and O–H groups in total. The average molecular weight is 722 g/mol. The fourth-order valence-electron chi connectivity index (χ4n) is 4.19. The Morgan fingerprint density at radius 3 is 2.24 bits per heavy atom. The molecule has 0 aliphatic carbocycles. The summed E-state index contributed by atoms with van der Waals surface area (Å²) in [5.74, 6) is -1.72. The lowest BCUT2D eigenvalue weighted by Gasteiger charge is -2.20. The Balaban J connectivity index is 2.07. The first-order valence-electron chi connectivity index (χ1n) is 15.0. The summed E-state index contributed by atoms with van der Waals surface area (Å²) in [6.07, 6.45) is 0.123. The summed E-state index contributed by atoms with van der Waals surface area (Å²) in [5, 5.41) is 55.0. The van der Waals surface area contributed by atoms with Crippen molar-refractivity contribution in [2.24, 2.45) is 0 Å². The number of carbonyl (C=O) groups is 1. The molecular formula is C29H44FN5O13S. The quantitative estimate of drug-likeness (QED) is 0.0579. The molecule has 3 atom stereocenters. The van der Waals surface area contributed by atoms with Crippen LogP contribution < -0.4 is 4.31 Å². The van der Waals surface area contributed by atoms with E-state index in [1.807, 2.05) is 13.8 Å². The van der Waals surface area contributed by atoms with E-state index in [0.717, 1.165) is 10.6 Å². The van der Waals surface area contributed by atoms with Gasteiger partial charge in [-0.15, -0.1) is 0 Å².